The fourth-order valence-corrected chi connectivity index (χ4v) is 1.77. The SMILES string of the molecule is Cc1cccnc1CNC(=O)Cc1ccc(N)cc1. The molecule has 0 spiro atoms. The standard InChI is InChI=1S/C15H17N3O/c1-11-3-2-8-17-14(11)10-18-15(19)9-12-4-6-13(16)7-5-12/h2-8H,9-10,16H2,1H3,(H,18,19). The molecule has 4 heteroatoms. The number of carbonyl (C=O) groups excluding carboxylic acids is 1. The van der Waals surface area contributed by atoms with E-state index in [1.54, 1.807) is 18.3 Å². The van der Waals surface area contributed by atoms with E-state index in [0.29, 0.717) is 18.7 Å². The van der Waals surface area contributed by atoms with Gasteiger partial charge in [0.2, 0.25) is 5.91 Å². The summed E-state index contributed by atoms with van der Waals surface area (Å²) in [5.41, 5.74) is 9.23. The van der Waals surface area contributed by atoms with E-state index in [4.69, 9.17) is 5.73 Å². The van der Waals surface area contributed by atoms with E-state index in [0.717, 1.165) is 16.8 Å². The third-order valence-corrected chi connectivity index (χ3v) is 2.92. The van der Waals surface area contributed by atoms with Gasteiger partial charge >= 0.3 is 0 Å². The third-order valence-electron chi connectivity index (χ3n) is 2.92. The van der Waals surface area contributed by atoms with Crippen molar-refractivity contribution < 1.29 is 4.79 Å². The Morgan fingerprint density at radius 2 is 2.00 bits per heavy atom. The topological polar surface area (TPSA) is 68.0 Å². The van der Waals surface area contributed by atoms with E-state index in [1.807, 2.05) is 31.2 Å². The molecule has 1 heterocycles. The van der Waals surface area contributed by atoms with E-state index < -0.39 is 0 Å². The number of carbonyl (C=O) groups is 1. The first kappa shape index (κ1) is 13.1. The molecular formula is C15H17N3O. The second-order valence-electron chi connectivity index (χ2n) is 4.46. The van der Waals surface area contributed by atoms with E-state index in [2.05, 4.69) is 10.3 Å². The van der Waals surface area contributed by atoms with Crippen LogP contribution in [0, 0.1) is 6.92 Å². The van der Waals surface area contributed by atoms with Gasteiger partial charge in [-0.15, -0.1) is 0 Å². The van der Waals surface area contributed by atoms with E-state index in [9.17, 15) is 4.79 Å². The predicted molar refractivity (Wildman–Crippen MR) is 75.4 cm³/mol. The fourth-order valence-electron chi connectivity index (χ4n) is 1.77. The molecule has 98 valence electrons. The monoisotopic (exact) mass is 255 g/mol. The van der Waals surface area contributed by atoms with Crippen molar-refractivity contribution in [1.82, 2.24) is 10.3 Å². The van der Waals surface area contributed by atoms with Crippen molar-refractivity contribution in [3.8, 4) is 0 Å². The van der Waals surface area contributed by atoms with Crippen LogP contribution in [0.1, 0.15) is 16.8 Å². The Morgan fingerprint density at radius 3 is 2.68 bits per heavy atom. The van der Waals surface area contributed by atoms with Gasteiger partial charge in [-0.05, 0) is 36.2 Å². The molecule has 0 aliphatic heterocycles. The van der Waals surface area contributed by atoms with Gasteiger partial charge in [-0.2, -0.15) is 0 Å². The maximum Gasteiger partial charge on any atom is 0.224 e. The summed E-state index contributed by atoms with van der Waals surface area (Å²) in [6, 6.07) is 11.2. The largest absolute Gasteiger partial charge is 0.399 e. The molecule has 0 aliphatic rings. The summed E-state index contributed by atoms with van der Waals surface area (Å²) in [5.74, 6) is -0.0187. The minimum absolute atomic E-state index is 0.0187. The van der Waals surface area contributed by atoms with Crippen molar-refractivity contribution in [2.75, 3.05) is 5.73 Å². The molecule has 0 radical (unpaired) electrons. The molecule has 0 fully saturated rings. The van der Waals surface area contributed by atoms with Gasteiger partial charge in [0.25, 0.3) is 0 Å². The first-order valence-electron chi connectivity index (χ1n) is 6.17. The van der Waals surface area contributed by atoms with Crippen LogP contribution >= 0.6 is 0 Å². The van der Waals surface area contributed by atoms with Crippen LogP contribution in [-0.4, -0.2) is 10.9 Å². The number of amides is 1. The highest BCUT2D eigenvalue weighted by Gasteiger charge is 2.05. The van der Waals surface area contributed by atoms with Gasteiger partial charge in [0.1, 0.15) is 0 Å². The van der Waals surface area contributed by atoms with Crippen LogP contribution < -0.4 is 11.1 Å². The summed E-state index contributed by atoms with van der Waals surface area (Å²) in [6.07, 6.45) is 2.08. The van der Waals surface area contributed by atoms with Gasteiger partial charge in [0, 0.05) is 11.9 Å². The molecule has 1 aromatic heterocycles. The number of nitrogens with two attached hydrogens (primary N) is 1. The van der Waals surface area contributed by atoms with Crippen LogP contribution in [0.15, 0.2) is 42.6 Å². The first-order valence-corrected chi connectivity index (χ1v) is 6.17. The molecule has 0 saturated heterocycles. The average molecular weight is 255 g/mol. The van der Waals surface area contributed by atoms with Crippen LogP contribution in [-0.2, 0) is 17.8 Å². The van der Waals surface area contributed by atoms with Gasteiger partial charge in [-0.3, -0.25) is 9.78 Å². The molecule has 0 unspecified atom stereocenters. The van der Waals surface area contributed by atoms with Gasteiger partial charge in [0.15, 0.2) is 0 Å². The number of nitrogens with one attached hydrogen (secondary N) is 1. The van der Waals surface area contributed by atoms with Crippen molar-refractivity contribution >= 4 is 11.6 Å². The molecule has 0 bridgehead atoms. The van der Waals surface area contributed by atoms with Crippen LogP contribution in [0.3, 0.4) is 0 Å². The zero-order chi connectivity index (χ0) is 13.7. The summed E-state index contributed by atoms with van der Waals surface area (Å²) in [7, 11) is 0. The highest BCUT2D eigenvalue weighted by molar-refractivity contribution is 5.78. The second kappa shape index (κ2) is 6.00. The molecule has 0 aliphatic carbocycles. The van der Waals surface area contributed by atoms with Crippen LogP contribution in [0.2, 0.25) is 0 Å². The lowest BCUT2D eigenvalue weighted by molar-refractivity contribution is -0.120. The molecular weight excluding hydrogens is 238 g/mol. The second-order valence-corrected chi connectivity index (χ2v) is 4.46. The number of rotatable bonds is 4. The van der Waals surface area contributed by atoms with E-state index in [1.165, 1.54) is 0 Å². The summed E-state index contributed by atoms with van der Waals surface area (Å²) in [4.78, 5) is 16.0. The molecule has 19 heavy (non-hydrogen) atoms. The molecule has 2 rings (SSSR count). The Morgan fingerprint density at radius 1 is 1.26 bits per heavy atom. The van der Waals surface area contributed by atoms with E-state index in [-0.39, 0.29) is 5.91 Å². The maximum absolute atomic E-state index is 11.8. The number of aromatic nitrogens is 1. The molecule has 0 atom stereocenters. The average Bonchev–Trinajstić information content (AvgIpc) is 2.40. The smallest absolute Gasteiger partial charge is 0.224 e. The Labute approximate surface area is 112 Å². The number of nitrogens with zero attached hydrogens (tertiary/aromatic N) is 1. The number of hydrogen-bond donors (Lipinski definition) is 2. The summed E-state index contributed by atoms with van der Waals surface area (Å²) in [6.45, 7) is 2.44. The highest BCUT2D eigenvalue weighted by Crippen LogP contribution is 2.06. The van der Waals surface area contributed by atoms with Crippen molar-refractivity contribution in [2.24, 2.45) is 0 Å². The summed E-state index contributed by atoms with van der Waals surface area (Å²) in [5, 5.41) is 2.87. The maximum atomic E-state index is 11.8. The van der Waals surface area contributed by atoms with Gasteiger partial charge < -0.3 is 11.1 Å². The number of nitrogen functional groups attached to an aromatic ring is 1. The molecule has 3 N–H and O–H groups in total. The van der Waals surface area contributed by atoms with Gasteiger partial charge in [0.05, 0.1) is 18.7 Å². The molecule has 1 amide bonds. The predicted octanol–water partition coefficient (Wildman–Crippen LogP) is 1.83. The van der Waals surface area contributed by atoms with Crippen LogP contribution in [0.5, 0.6) is 0 Å². The number of pyridine rings is 1. The Kier molecular flexibility index (Phi) is 4.13. The molecule has 4 nitrogen and oxygen atoms in total. The minimum Gasteiger partial charge on any atom is -0.399 e. The zero-order valence-corrected chi connectivity index (χ0v) is 10.9. The molecule has 2 aromatic rings. The fraction of sp³-hybridized carbons (Fsp3) is 0.200. The van der Waals surface area contributed by atoms with Crippen LogP contribution in [0.25, 0.3) is 0 Å². The number of benzene rings is 1. The number of aryl methyl sites for hydroxylation is 1. The Bertz CT molecular complexity index is 564. The zero-order valence-electron chi connectivity index (χ0n) is 10.9. The minimum atomic E-state index is -0.0187. The number of anilines is 1. The Hall–Kier alpha value is -2.36. The lowest BCUT2D eigenvalue weighted by atomic mass is 10.1. The quantitative estimate of drug-likeness (QED) is 0.819. The lowest BCUT2D eigenvalue weighted by Gasteiger charge is -2.07. The first-order chi connectivity index (χ1) is 9.15. The molecule has 1 aromatic carbocycles. The van der Waals surface area contributed by atoms with E-state index >= 15 is 0 Å². The molecule has 0 saturated carbocycles. The van der Waals surface area contributed by atoms with Crippen molar-refractivity contribution in [2.45, 2.75) is 19.9 Å². The normalized spacial score (nSPS) is 10.2. The van der Waals surface area contributed by atoms with Gasteiger partial charge in [-0.1, -0.05) is 18.2 Å². The Balaban J connectivity index is 1.88. The third kappa shape index (κ3) is 3.81. The van der Waals surface area contributed by atoms with Crippen molar-refractivity contribution in [3.63, 3.8) is 0 Å². The lowest BCUT2D eigenvalue weighted by Crippen LogP contribution is -2.25. The number of hydrogen-bond acceptors (Lipinski definition) is 3. The van der Waals surface area contributed by atoms with Crippen LogP contribution in [0.4, 0.5) is 5.69 Å². The van der Waals surface area contributed by atoms with Crippen molar-refractivity contribution in [1.29, 1.82) is 0 Å². The summed E-state index contributed by atoms with van der Waals surface area (Å²) < 4.78 is 0. The highest BCUT2D eigenvalue weighted by atomic mass is 16.1. The van der Waals surface area contributed by atoms with Crippen molar-refractivity contribution in [3.05, 3.63) is 59.4 Å². The summed E-state index contributed by atoms with van der Waals surface area (Å²) >= 11 is 0. The van der Waals surface area contributed by atoms with Gasteiger partial charge in [-0.25, -0.2) is 0 Å².